The Hall–Kier alpha value is -5.02. The summed E-state index contributed by atoms with van der Waals surface area (Å²) in [6.07, 6.45) is -0.0467. The molecular weight excluding hydrogens is 638 g/mol. The smallest absolute Gasteiger partial charge is 0.416 e. The second kappa shape index (κ2) is 13.9. The predicted molar refractivity (Wildman–Crippen MR) is 198 cm³/mol. The predicted octanol–water partition coefficient (Wildman–Crippen LogP) is 7.60. The van der Waals surface area contributed by atoms with Crippen LogP contribution in [0.5, 0.6) is 5.75 Å². The van der Waals surface area contributed by atoms with Gasteiger partial charge in [0.2, 0.25) is 5.91 Å². The molecular formula is C42H47N5O4. The second-order valence-electron chi connectivity index (χ2n) is 14.7. The van der Waals surface area contributed by atoms with Crippen molar-refractivity contribution in [1.82, 2.24) is 24.8 Å². The van der Waals surface area contributed by atoms with Gasteiger partial charge in [-0.25, -0.2) is 14.4 Å². The van der Waals surface area contributed by atoms with Crippen molar-refractivity contribution < 1.29 is 19.1 Å². The molecule has 0 aliphatic carbocycles. The van der Waals surface area contributed by atoms with E-state index in [4.69, 9.17) is 9.47 Å². The summed E-state index contributed by atoms with van der Waals surface area (Å²) >= 11 is 0. The number of rotatable bonds is 9. The Bertz CT molecular complexity index is 2070. The second-order valence-corrected chi connectivity index (χ2v) is 14.7. The van der Waals surface area contributed by atoms with Crippen molar-refractivity contribution >= 4 is 23.0 Å². The standard InChI is InChI=1S/C42H47N5O4/c1-7-46-36-20-19-35(28(3)39(36)43-44-46)38(29(4)40(48)47-34(25-50-41(47)49)21-30-13-9-8-10-14-30)31-18-17-27(2)33(22-31)24-45-23-32-15-11-12-16-37(32)51-42(5,6)26-45/h8-20,22,29,34,38H,7,21,23-26H2,1-6H3/t29?,34-,38?/m0/s1. The van der Waals surface area contributed by atoms with Gasteiger partial charge in [-0.1, -0.05) is 84.9 Å². The minimum atomic E-state index is -0.584. The van der Waals surface area contributed by atoms with Crippen molar-refractivity contribution in [3.05, 3.63) is 124 Å². The Balaban J connectivity index is 1.27. The zero-order valence-corrected chi connectivity index (χ0v) is 30.4. The van der Waals surface area contributed by atoms with Gasteiger partial charge in [-0.2, -0.15) is 0 Å². The van der Waals surface area contributed by atoms with Gasteiger partial charge in [-0.3, -0.25) is 9.69 Å². The average Bonchev–Trinajstić information content (AvgIpc) is 3.67. The molecule has 264 valence electrons. The normalized spacial score (nSPS) is 18.5. The van der Waals surface area contributed by atoms with Gasteiger partial charge in [-0.15, -0.1) is 5.10 Å². The number of aryl methyl sites for hydroxylation is 3. The number of para-hydroxylation sites is 1. The summed E-state index contributed by atoms with van der Waals surface area (Å²) in [4.78, 5) is 31.7. The summed E-state index contributed by atoms with van der Waals surface area (Å²) in [5, 5.41) is 8.94. The first-order chi connectivity index (χ1) is 24.5. The molecule has 3 atom stereocenters. The number of aromatic nitrogens is 3. The van der Waals surface area contributed by atoms with Gasteiger partial charge in [0.25, 0.3) is 0 Å². The molecule has 51 heavy (non-hydrogen) atoms. The summed E-state index contributed by atoms with van der Waals surface area (Å²) in [6.45, 7) is 15.6. The zero-order chi connectivity index (χ0) is 35.9. The van der Waals surface area contributed by atoms with Crippen molar-refractivity contribution in [3.8, 4) is 5.75 Å². The van der Waals surface area contributed by atoms with Crippen molar-refractivity contribution in [2.24, 2.45) is 5.92 Å². The Morgan fingerprint density at radius 3 is 2.55 bits per heavy atom. The fourth-order valence-corrected chi connectivity index (χ4v) is 7.93. The third-order valence-corrected chi connectivity index (χ3v) is 10.5. The van der Waals surface area contributed by atoms with E-state index in [9.17, 15) is 9.59 Å². The molecule has 3 heterocycles. The van der Waals surface area contributed by atoms with Crippen LogP contribution in [0.15, 0.2) is 84.9 Å². The molecule has 0 bridgehead atoms. The molecule has 7 rings (SSSR count). The molecule has 0 radical (unpaired) electrons. The lowest BCUT2D eigenvalue weighted by Gasteiger charge is -2.31. The van der Waals surface area contributed by atoms with Gasteiger partial charge in [0.1, 0.15) is 23.5 Å². The van der Waals surface area contributed by atoms with Gasteiger partial charge in [-0.05, 0) is 86.6 Å². The quantitative estimate of drug-likeness (QED) is 0.158. The van der Waals surface area contributed by atoms with E-state index in [1.165, 1.54) is 21.6 Å². The number of hydrogen-bond donors (Lipinski definition) is 0. The highest BCUT2D eigenvalue weighted by molar-refractivity contribution is 5.95. The van der Waals surface area contributed by atoms with Gasteiger partial charge < -0.3 is 9.47 Å². The topological polar surface area (TPSA) is 89.8 Å². The van der Waals surface area contributed by atoms with Crippen LogP contribution in [0.1, 0.15) is 72.6 Å². The molecule has 2 amide bonds. The number of amides is 2. The van der Waals surface area contributed by atoms with Crippen LogP contribution in [0, 0.1) is 19.8 Å². The molecule has 0 saturated carbocycles. The fraction of sp³-hybridized carbons (Fsp3) is 0.381. The van der Waals surface area contributed by atoms with E-state index >= 15 is 0 Å². The lowest BCUT2D eigenvalue weighted by atomic mass is 9.78. The summed E-state index contributed by atoms with van der Waals surface area (Å²) in [6, 6.07) is 28.5. The Labute approximate surface area is 300 Å². The minimum Gasteiger partial charge on any atom is -0.486 e. The van der Waals surface area contributed by atoms with Gasteiger partial charge in [0, 0.05) is 43.6 Å². The number of ether oxygens (including phenoxy) is 2. The van der Waals surface area contributed by atoms with Crippen LogP contribution in [-0.4, -0.2) is 61.6 Å². The summed E-state index contributed by atoms with van der Waals surface area (Å²) < 4.78 is 13.8. The van der Waals surface area contributed by atoms with E-state index in [1.807, 2.05) is 61.0 Å². The number of imide groups is 1. The number of nitrogens with zero attached hydrogens (tertiary/aromatic N) is 5. The Morgan fingerprint density at radius 2 is 1.76 bits per heavy atom. The van der Waals surface area contributed by atoms with Crippen LogP contribution >= 0.6 is 0 Å². The molecule has 5 aromatic rings. The van der Waals surface area contributed by atoms with E-state index in [0.29, 0.717) is 13.0 Å². The maximum atomic E-state index is 14.6. The summed E-state index contributed by atoms with van der Waals surface area (Å²) in [5.41, 5.74) is 8.97. The fourth-order valence-electron chi connectivity index (χ4n) is 7.93. The molecule has 4 aromatic carbocycles. The Kier molecular flexibility index (Phi) is 9.42. The molecule has 2 aliphatic rings. The van der Waals surface area contributed by atoms with Crippen LogP contribution in [0.2, 0.25) is 0 Å². The molecule has 1 fully saturated rings. The van der Waals surface area contributed by atoms with Crippen LogP contribution in [0.25, 0.3) is 11.0 Å². The largest absolute Gasteiger partial charge is 0.486 e. The molecule has 0 N–H and O–H groups in total. The number of cyclic esters (lactones) is 1. The summed E-state index contributed by atoms with van der Waals surface area (Å²) in [7, 11) is 0. The zero-order valence-electron chi connectivity index (χ0n) is 30.4. The highest BCUT2D eigenvalue weighted by Gasteiger charge is 2.42. The Morgan fingerprint density at radius 1 is 1.00 bits per heavy atom. The molecule has 9 heteroatoms. The highest BCUT2D eigenvalue weighted by atomic mass is 16.6. The first-order valence-electron chi connectivity index (χ1n) is 18.0. The maximum Gasteiger partial charge on any atom is 0.416 e. The first-order valence-corrected chi connectivity index (χ1v) is 18.0. The third-order valence-electron chi connectivity index (χ3n) is 10.5. The van der Waals surface area contributed by atoms with Crippen molar-refractivity contribution in [2.75, 3.05) is 13.2 Å². The number of fused-ring (bicyclic) bond motifs is 2. The van der Waals surface area contributed by atoms with E-state index in [-0.39, 0.29) is 30.1 Å². The molecule has 0 spiro atoms. The average molecular weight is 686 g/mol. The number of hydrogen-bond acceptors (Lipinski definition) is 7. The first kappa shape index (κ1) is 34.4. The lowest BCUT2D eigenvalue weighted by molar-refractivity contribution is -0.133. The number of carbonyl (C=O) groups excluding carboxylic acids is 2. The monoisotopic (exact) mass is 685 g/mol. The molecule has 1 aromatic heterocycles. The van der Waals surface area contributed by atoms with E-state index < -0.39 is 12.0 Å². The lowest BCUT2D eigenvalue weighted by Crippen LogP contribution is -2.44. The maximum absolute atomic E-state index is 14.6. The van der Waals surface area contributed by atoms with Crippen LogP contribution in [0.3, 0.4) is 0 Å². The number of benzene rings is 4. The third kappa shape index (κ3) is 6.87. The number of carbonyl (C=O) groups is 2. The van der Waals surface area contributed by atoms with Crippen molar-refractivity contribution in [2.45, 2.75) is 85.2 Å². The van der Waals surface area contributed by atoms with Crippen LogP contribution in [-0.2, 0) is 35.6 Å². The molecule has 1 saturated heterocycles. The van der Waals surface area contributed by atoms with E-state index in [2.05, 4.69) is 85.4 Å². The van der Waals surface area contributed by atoms with Crippen LogP contribution in [0.4, 0.5) is 4.79 Å². The van der Waals surface area contributed by atoms with Gasteiger partial charge in [0.05, 0.1) is 11.6 Å². The highest BCUT2D eigenvalue weighted by Crippen LogP contribution is 2.39. The summed E-state index contributed by atoms with van der Waals surface area (Å²) in [5.74, 6) is -0.257. The minimum absolute atomic E-state index is 0.176. The molecule has 2 unspecified atom stereocenters. The molecule has 9 nitrogen and oxygen atoms in total. The van der Waals surface area contributed by atoms with E-state index in [0.717, 1.165) is 58.7 Å². The van der Waals surface area contributed by atoms with Crippen molar-refractivity contribution in [1.29, 1.82) is 0 Å². The van der Waals surface area contributed by atoms with Gasteiger partial charge in [0.15, 0.2) is 0 Å². The SMILES string of the molecule is CCn1nnc2c(C)c(C(c3ccc(C)c(CN4Cc5ccccc5OC(C)(C)C4)c3)C(C)C(=O)N3C(=O)OC[C@@H]3Cc3ccccc3)ccc21. The van der Waals surface area contributed by atoms with Crippen LogP contribution < -0.4 is 4.74 Å². The molecule has 2 aliphatic heterocycles. The van der Waals surface area contributed by atoms with Crippen molar-refractivity contribution in [3.63, 3.8) is 0 Å². The van der Waals surface area contributed by atoms with Gasteiger partial charge >= 0.3 is 6.09 Å². The van der Waals surface area contributed by atoms with E-state index in [1.54, 1.807) is 0 Å².